The lowest BCUT2D eigenvalue weighted by atomic mass is 10.1. The summed E-state index contributed by atoms with van der Waals surface area (Å²) in [5, 5.41) is 3.26. The molecule has 1 amide bonds. The smallest absolute Gasteiger partial charge is 0.253 e. The highest BCUT2D eigenvalue weighted by atomic mass is 35.5. The first-order chi connectivity index (χ1) is 9.22. The van der Waals surface area contributed by atoms with Crippen LogP contribution >= 0.6 is 12.4 Å². The Morgan fingerprint density at radius 1 is 1.25 bits per heavy atom. The quantitative estimate of drug-likeness (QED) is 0.923. The van der Waals surface area contributed by atoms with Crippen LogP contribution in [0.1, 0.15) is 23.7 Å². The highest BCUT2D eigenvalue weighted by molar-refractivity contribution is 5.94. The molecule has 1 aromatic rings. The predicted octanol–water partition coefficient (Wildman–Crippen LogP) is 2.00. The van der Waals surface area contributed by atoms with Crippen molar-refractivity contribution in [1.29, 1.82) is 0 Å². The molecule has 20 heavy (non-hydrogen) atoms. The first-order valence-corrected chi connectivity index (χ1v) is 7.03. The Labute approximate surface area is 127 Å². The van der Waals surface area contributed by atoms with E-state index in [0.29, 0.717) is 0 Å². The van der Waals surface area contributed by atoms with Gasteiger partial charge in [0.05, 0.1) is 0 Å². The van der Waals surface area contributed by atoms with Crippen molar-refractivity contribution in [2.75, 3.05) is 44.7 Å². The maximum absolute atomic E-state index is 12.3. The van der Waals surface area contributed by atoms with Crippen LogP contribution in [0, 0.1) is 0 Å². The lowest BCUT2D eigenvalue weighted by molar-refractivity contribution is 0.0736. The van der Waals surface area contributed by atoms with Gasteiger partial charge in [0.25, 0.3) is 5.91 Å². The van der Waals surface area contributed by atoms with Crippen molar-refractivity contribution in [3.05, 3.63) is 29.8 Å². The standard InChI is InChI=1S/C15H23N3O.ClH/c1-3-10-17(2)14-6-4-13(5-7-14)15(19)18-11-8-16-9-12-18;/h4-7,16H,3,8-12H2,1-2H3;1H. The highest BCUT2D eigenvalue weighted by Gasteiger charge is 2.17. The first kappa shape index (κ1) is 16.8. The zero-order valence-corrected chi connectivity index (χ0v) is 13.1. The van der Waals surface area contributed by atoms with Crippen molar-refractivity contribution >= 4 is 24.0 Å². The number of nitrogens with one attached hydrogen (secondary N) is 1. The van der Waals surface area contributed by atoms with E-state index in [2.05, 4.69) is 24.2 Å². The van der Waals surface area contributed by atoms with E-state index in [4.69, 9.17) is 0 Å². The fourth-order valence-electron chi connectivity index (χ4n) is 2.37. The van der Waals surface area contributed by atoms with Gasteiger partial charge in [0.1, 0.15) is 0 Å². The summed E-state index contributed by atoms with van der Waals surface area (Å²) in [7, 11) is 2.08. The zero-order chi connectivity index (χ0) is 13.7. The van der Waals surface area contributed by atoms with Crippen molar-refractivity contribution in [3.8, 4) is 0 Å². The number of benzene rings is 1. The summed E-state index contributed by atoms with van der Waals surface area (Å²) >= 11 is 0. The van der Waals surface area contributed by atoms with E-state index in [1.807, 2.05) is 29.2 Å². The van der Waals surface area contributed by atoms with Crippen molar-refractivity contribution in [3.63, 3.8) is 0 Å². The van der Waals surface area contributed by atoms with Gasteiger partial charge in [0.15, 0.2) is 0 Å². The molecule has 0 saturated carbocycles. The lowest BCUT2D eigenvalue weighted by Gasteiger charge is -2.27. The van der Waals surface area contributed by atoms with Crippen LogP contribution in [-0.4, -0.2) is 50.6 Å². The summed E-state index contributed by atoms with van der Waals surface area (Å²) in [5.41, 5.74) is 1.95. The molecule has 0 aliphatic carbocycles. The van der Waals surface area contributed by atoms with Gasteiger partial charge in [-0.25, -0.2) is 0 Å². The molecule has 1 aliphatic rings. The van der Waals surface area contributed by atoms with Crippen LogP contribution in [0.25, 0.3) is 0 Å². The monoisotopic (exact) mass is 297 g/mol. The third-order valence-electron chi connectivity index (χ3n) is 3.52. The van der Waals surface area contributed by atoms with Crippen LogP contribution in [-0.2, 0) is 0 Å². The molecule has 1 aliphatic heterocycles. The van der Waals surface area contributed by atoms with Crippen molar-refractivity contribution in [2.24, 2.45) is 0 Å². The molecule has 0 spiro atoms. The van der Waals surface area contributed by atoms with Crippen LogP contribution in [0.15, 0.2) is 24.3 Å². The molecule has 1 heterocycles. The maximum Gasteiger partial charge on any atom is 0.253 e. The number of rotatable bonds is 4. The van der Waals surface area contributed by atoms with Gasteiger partial charge in [0.2, 0.25) is 0 Å². The molecule has 0 radical (unpaired) electrons. The Morgan fingerprint density at radius 2 is 1.85 bits per heavy atom. The molecule has 112 valence electrons. The second-order valence-corrected chi connectivity index (χ2v) is 5.01. The molecule has 1 fully saturated rings. The number of carbonyl (C=O) groups is 1. The van der Waals surface area contributed by atoms with E-state index < -0.39 is 0 Å². The molecule has 5 heteroatoms. The minimum absolute atomic E-state index is 0. The molecule has 1 aromatic carbocycles. The van der Waals surface area contributed by atoms with Crippen LogP contribution in [0.3, 0.4) is 0 Å². The summed E-state index contributed by atoms with van der Waals surface area (Å²) in [4.78, 5) is 16.4. The van der Waals surface area contributed by atoms with Crippen LogP contribution in [0.4, 0.5) is 5.69 Å². The number of nitrogens with zero attached hydrogens (tertiary/aromatic N) is 2. The third kappa shape index (κ3) is 4.12. The number of halogens is 1. The van der Waals surface area contributed by atoms with Gasteiger partial charge in [-0.3, -0.25) is 4.79 Å². The Bertz CT molecular complexity index is 416. The number of carbonyl (C=O) groups excluding carboxylic acids is 1. The Balaban J connectivity index is 0.00000200. The average Bonchev–Trinajstić information content (AvgIpc) is 2.48. The van der Waals surface area contributed by atoms with Gasteiger partial charge in [0, 0.05) is 51.0 Å². The number of anilines is 1. The number of hydrogen-bond acceptors (Lipinski definition) is 3. The van der Waals surface area contributed by atoms with Crippen LogP contribution in [0.5, 0.6) is 0 Å². The first-order valence-electron chi connectivity index (χ1n) is 7.03. The summed E-state index contributed by atoms with van der Waals surface area (Å²) in [5.74, 6) is 0.145. The number of piperazine rings is 1. The van der Waals surface area contributed by atoms with Crippen LogP contribution < -0.4 is 10.2 Å². The van der Waals surface area contributed by atoms with E-state index >= 15 is 0 Å². The van der Waals surface area contributed by atoms with Gasteiger partial charge < -0.3 is 15.1 Å². The van der Waals surface area contributed by atoms with E-state index in [1.165, 1.54) is 5.69 Å². The second-order valence-electron chi connectivity index (χ2n) is 5.01. The maximum atomic E-state index is 12.3. The largest absolute Gasteiger partial charge is 0.375 e. The van der Waals surface area contributed by atoms with Crippen molar-refractivity contribution in [2.45, 2.75) is 13.3 Å². The van der Waals surface area contributed by atoms with E-state index in [-0.39, 0.29) is 18.3 Å². The molecule has 4 nitrogen and oxygen atoms in total. The Morgan fingerprint density at radius 3 is 2.40 bits per heavy atom. The summed E-state index contributed by atoms with van der Waals surface area (Å²) in [6.07, 6.45) is 1.12. The lowest BCUT2D eigenvalue weighted by Crippen LogP contribution is -2.46. The van der Waals surface area contributed by atoms with E-state index in [1.54, 1.807) is 0 Å². The summed E-state index contributed by atoms with van der Waals surface area (Å²) in [6, 6.07) is 7.94. The summed E-state index contributed by atoms with van der Waals surface area (Å²) in [6.45, 7) is 6.59. The topological polar surface area (TPSA) is 35.6 Å². The van der Waals surface area contributed by atoms with E-state index in [9.17, 15) is 4.79 Å². The molecule has 1 N–H and O–H groups in total. The number of hydrogen-bond donors (Lipinski definition) is 1. The molecule has 2 rings (SSSR count). The normalized spacial score (nSPS) is 14.6. The SMILES string of the molecule is CCCN(C)c1ccc(C(=O)N2CCNCC2)cc1.Cl. The molecular formula is C15H24ClN3O. The second kappa shape index (κ2) is 8.12. The molecule has 0 unspecified atom stereocenters. The molecular weight excluding hydrogens is 274 g/mol. The minimum Gasteiger partial charge on any atom is -0.375 e. The van der Waals surface area contributed by atoms with Gasteiger partial charge in [-0.1, -0.05) is 6.92 Å². The Kier molecular flexibility index (Phi) is 6.82. The van der Waals surface area contributed by atoms with Crippen LogP contribution in [0.2, 0.25) is 0 Å². The zero-order valence-electron chi connectivity index (χ0n) is 12.3. The van der Waals surface area contributed by atoms with Gasteiger partial charge in [-0.15, -0.1) is 12.4 Å². The highest BCUT2D eigenvalue weighted by Crippen LogP contribution is 2.15. The van der Waals surface area contributed by atoms with Gasteiger partial charge >= 0.3 is 0 Å². The minimum atomic E-state index is 0. The Hall–Kier alpha value is -1.26. The fraction of sp³-hybridized carbons (Fsp3) is 0.533. The van der Waals surface area contributed by atoms with Gasteiger partial charge in [-0.2, -0.15) is 0 Å². The molecule has 0 atom stereocenters. The van der Waals surface area contributed by atoms with E-state index in [0.717, 1.165) is 44.7 Å². The average molecular weight is 298 g/mol. The fourth-order valence-corrected chi connectivity index (χ4v) is 2.37. The molecule has 0 bridgehead atoms. The predicted molar refractivity (Wildman–Crippen MR) is 86.0 cm³/mol. The summed E-state index contributed by atoms with van der Waals surface area (Å²) < 4.78 is 0. The number of amides is 1. The molecule has 1 saturated heterocycles. The molecule has 0 aromatic heterocycles. The van der Waals surface area contributed by atoms with Gasteiger partial charge in [-0.05, 0) is 30.7 Å². The van der Waals surface area contributed by atoms with Crippen molar-refractivity contribution < 1.29 is 4.79 Å². The third-order valence-corrected chi connectivity index (χ3v) is 3.52. The van der Waals surface area contributed by atoms with Crippen molar-refractivity contribution in [1.82, 2.24) is 10.2 Å².